The molecule has 0 spiro atoms. The van der Waals surface area contributed by atoms with Gasteiger partial charge in [-0.05, 0) is 44.4 Å². The molecule has 0 unspecified atom stereocenters. The highest BCUT2D eigenvalue weighted by atomic mass is 16.1. The van der Waals surface area contributed by atoms with Gasteiger partial charge >= 0.3 is 0 Å². The van der Waals surface area contributed by atoms with Gasteiger partial charge in [0.25, 0.3) is 0 Å². The molecule has 1 heterocycles. The Morgan fingerprint density at radius 1 is 1.22 bits per heavy atom. The van der Waals surface area contributed by atoms with E-state index in [1.807, 2.05) is 26.0 Å². The lowest BCUT2D eigenvalue weighted by molar-refractivity contribution is -0.121. The van der Waals surface area contributed by atoms with Gasteiger partial charge in [0, 0.05) is 17.4 Å². The maximum absolute atomic E-state index is 12.0. The van der Waals surface area contributed by atoms with E-state index >= 15 is 0 Å². The molecule has 0 bridgehead atoms. The van der Waals surface area contributed by atoms with Gasteiger partial charge in [0.2, 0.25) is 5.91 Å². The summed E-state index contributed by atoms with van der Waals surface area (Å²) in [6, 6.07) is 4.39. The first-order valence-electron chi connectivity index (χ1n) is 6.87. The fourth-order valence-electron chi connectivity index (χ4n) is 2.73. The first kappa shape index (κ1) is 13.1. The van der Waals surface area contributed by atoms with Crippen LogP contribution >= 0.6 is 0 Å². The van der Waals surface area contributed by atoms with E-state index in [-0.39, 0.29) is 5.91 Å². The highest BCUT2D eigenvalue weighted by Gasteiger charge is 2.15. The highest BCUT2D eigenvalue weighted by molar-refractivity contribution is 5.78. The minimum atomic E-state index is 0.145. The molecular formula is C15H22N2O. The average Bonchev–Trinajstić information content (AvgIpc) is 2.28. The Bertz CT molecular complexity index is 402. The molecule has 0 aliphatic heterocycles. The van der Waals surface area contributed by atoms with Crippen molar-refractivity contribution in [2.24, 2.45) is 0 Å². The summed E-state index contributed by atoms with van der Waals surface area (Å²) in [5.74, 6) is 0.145. The van der Waals surface area contributed by atoms with Gasteiger partial charge in [-0.3, -0.25) is 9.78 Å². The van der Waals surface area contributed by atoms with E-state index in [1.54, 1.807) is 0 Å². The molecule has 1 amide bonds. The number of nitrogens with one attached hydrogen (secondary N) is 1. The third-order valence-corrected chi connectivity index (χ3v) is 3.48. The third kappa shape index (κ3) is 3.83. The van der Waals surface area contributed by atoms with E-state index < -0.39 is 0 Å². The number of aromatic nitrogens is 1. The molecule has 1 aliphatic rings. The largest absolute Gasteiger partial charge is 0.353 e. The molecule has 1 aliphatic carbocycles. The van der Waals surface area contributed by atoms with Crippen LogP contribution in [0.1, 0.15) is 49.1 Å². The summed E-state index contributed by atoms with van der Waals surface area (Å²) in [6.45, 7) is 3.94. The number of hydrogen-bond acceptors (Lipinski definition) is 2. The van der Waals surface area contributed by atoms with Crippen LogP contribution in [0.25, 0.3) is 0 Å². The number of aryl methyl sites for hydroxylation is 2. The SMILES string of the molecule is Cc1cc(CC(=O)NC2CCCCC2)cc(C)n1. The molecule has 1 N–H and O–H groups in total. The maximum Gasteiger partial charge on any atom is 0.224 e. The smallest absolute Gasteiger partial charge is 0.224 e. The molecule has 1 saturated carbocycles. The van der Waals surface area contributed by atoms with Crippen LogP contribution in [0.5, 0.6) is 0 Å². The van der Waals surface area contributed by atoms with Gasteiger partial charge in [-0.25, -0.2) is 0 Å². The Morgan fingerprint density at radius 2 is 1.83 bits per heavy atom. The van der Waals surface area contributed by atoms with Crippen molar-refractivity contribution in [3.63, 3.8) is 0 Å². The van der Waals surface area contributed by atoms with E-state index in [9.17, 15) is 4.79 Å². The molecule has 98 valence electrons. The molecule has 0 aromatic carbocycles. The normalized spacial score (nSPS) is 16.6. The summed E-state index contributed by atoms with van der Waals surface area (Å²) in [4.78, 5) is 16.3. The number of rotatable bonds is 3. The van der Waals surface area contributed by atoms with Gasteiger partial charge in [0.15, 0.2) is 0 Å². The molecule has 1 aromatic heterocycles. The molecule has 3 nitrogen and oxygen atoms in total. The van der Waals surface area contributed by atoms with E-state index in [0.717, 1.165) is 29.8 Å². The fourth-order valence-corrected chi connectivity index (χ4v) is 2.73. The van der Waals surface area contributed by atoms with Crippen molar-refractivity contribution in [1.82, 2.24) is 10.3 Å². The Morgan fingerprint density at radius 3 is 2.44 bits per heavy atom. The predicted molar refractivity (Wildman–Crippen MR) is 72.4 cm³/mol. The minimum absolute atomic E-state index is 0.145. The molecule has 0 saturated heterocycles. The van der Waals surface area contributed by atoms with Crippen LogP contribution in [0.3, 0.4) is 0 Å². The predicted octanol–water partition coefficient (Wildman–Crippen LogP) is 2.69. The molecule has 1 fully saturated rings. The van der Waals surface area contributed by atoms with E-state index in [1.165, 1.54) is 19.3 Å². The van der Waals surface area contributed by atoms with Crippen LogP contribution in [0.15, 0.2) is 12.1 Å². The number of amides is 1. The van der Waals surface area contributed by atoms with Crippen molar-refractivity contribution < 1.29 is 4.79 Å². The third-order valence-electron chi connectivity index (χ3n) is 3.48. The molecular weight excluding hydrogens is 224 g/mol. The second kappa shape index (κ2) is 5.98. The first-order chi connectivity index (χ1) is 8.63. The van der Waals surface area contributed by atoms with Crippen LogP contribution in [0.2, 0.25) is 0 Å². The summed E-state index contributed by atoms with van der Waals surface area (Å²) in [5.41, 5.74) is 3.03. The lowest BCUT2D eigenvalue weighted by Crippen LogP contribution is -2.37. The van der Waals surface area contributed by atoms with Gasteiger partial charge < -0.3 is 5.32 Å². The Balaban J connectivity index is 1.89. The van der Waals surface area contributed by atoms with Gasteiger partial charge in [-0.15, -0.1) is 0 Å². The molecule has 1 aromatic rings. The van der Waals surface area contributed by atoms with Crippen molar-refractivity contribution in [3.8, 4) is 0 Å². The summed E-state index contributed by atoms with van der Waals surface area (Å²) in [7, 11) is 0. The number of pyridine rings is 1. The van der Waals surface area contributed by atoms with Crippen LogP contribution in [-0.4, -0.2) is 16.9 Å². The topological polar surface area (TPSA) is 42.0 Å². The van der Waals surface area contributed by atoms with E-state index in [4.69, 9.17) is 0 Å². The zero-order chi connectivity index (χ0) is 13.0. The number of carbonyl (C=O) groups excluding carboxylic acids is 1. The standard InChI is InChI=1S/C15H22N2O/c1-11-8-13(9-12(2)16-11)10-15(18)17-14-6-4-3-5-7-14/h8-9,14H,3-7,10H2,1-2H3,(H,17,18). The zero-order valence-electron chi connectivity index (χ0n) is 11.3. The fraction of sp³-hybridized carbons (Fsp3) is 0.600. The quantitative estimate of drug-likeness (QED) is 0.891. The van der Waals surface area contributed by atoms with Crippen molar-refractivity contribution in [3.05, 3.63) is 29.1 Å². The van der Waals surface area contributed by atoms with Crippen molar-refractivity contribution in [1.29, 1.82) is 0 Å². The van der Waals surface area contributed by atoms with E-state index in [0.29, 0.717) is 12.5 Å². The van der Waals surface area contributed by atoms with Crippen molar-refractivity contribution in [2.45, 2.75) is 58.4 Å². The van der Waals surface area contributed by atoms with Gasteiger partial charge in [0.1, 0.15) is 0 Å². The lowest BCUT2D eigenvalue weighted by Gasteiger charge is -2.22. The van der Waals surface area contributed by atoms with E-state index in [2.05, 4.69) is 10.3 Å². The molecule has 0 radical (unpaired) electrons. The van der Waals surface area contributed by atoms with Gasteiger partial charge in [-0.2, -0.15) is 0 Å². The first-order valence-corrected chi connectivity index (χ1v) is 6.87. The zero-order valence-corrected chi connectivity index (χ0v) is 11.3. The molecule has 3 heteroatoms. The maximum atomic E-state index is 12.0. The van der Waals surface area contributed by atoms with Crippen LogP contribution in [-0.2, 0) is 11.2 Å². The second-order valence-corrected chi connectivity index (χ2v) is 5.34. The average molecular weight is 246 g/mol. The van der Waals surface area contributed by atoms with Crippen LogP contribution in [0, 0.1) is 13.8 Å². The molecule has 0 atom stereocenters. The van der Waals surface area contributed by atoms with Gasteiger partial charge in [0.05, 0.1) is 6.42 Å². The van der Waals surface area contributed by atoms with Gasteiger partial charge in [-0.1, -0.05) is 19.3 Å². The highest BCUT2D eigenvalue weighted by Crippen LogP contribution is 2.17. The lowest BCUT2D eigenvalue weighted by atomic mass is 9.95. The Hall–Kier alpha value is -1.38. The van der Waals surface area contributed by atoms with Crippen molar-refractivity contribution >= 4 is 5.91 Å². The number of nitrogens with zero attached hydrogens (tertiary/aromatic N) is 1. The van der Waals surface area contributed by atoms with Crippen LogP contribution in [0.4, 0.5) is 0 Å². The summed E-state index contributed by atoms with van der Waals surface area (Å²) < 4.78 is 0. The Labute approximate surface area is 109 Å². The minimum Gasteiger partial charge on any atom is -0.353 e. The molecule has 2 rings (SSSR count). The summed E-state index contributed by atoms with van der Waals surface area (Å²) in [6.07, 6.45) is 6.56. The van der Waals surface area contributed by atoms with Crippen molar-refractivity contribution in [2.75, 3.05) is 0 Å². The summed E-state index contributed by atoms with van der Waals surface area (Å²) in [5, 5.41) is 3.15. The Kier molecular flexibility index (Phi) is 4.34. The molecule has 18 heavy (non-hydrogen) atoms. The number of carbonyl (C=O) groups is 1. The van der Waals surface area contributed by atoms with Crippen LogP contribution < -0.4 is 5.32 Å². The monoisotopic (exact) mass is 246 g/mol. The second-order valence-electron chi connectivity index (χ2n) is 5.34. The summed E-state index contributed by atoms with van der Waals surface area (Å²) >= 11 is 0. The number of hydrogen-bond donors (Lipinski definition) is 1.